The number of amides is 1. The number of halogens is 1. The molecule has 6 nitrogen and oxygen atoms in total. The molecule has 0 bridgehead atoms. The highest BCUT2D eigenvalue weighted by molar-refractivity contribution is 14.0. The molecule has 2 aromatic carbocycles. The number of hydrogen-bond donors (Lipinski definition) is 3. The molecule has 0 radical (unpaired) electrons. The van der Waals surface area contributed by atoms with Crippen molar-refractivity contribution in [3.05, 3.63) is 60.2 Å². The molecule has 0 atom stereocenters. The van der Waals surface area contributed by atoms with Crippen LogP contribution in [0.3, 0.4) is 0 Å². The number of ether oxygens (including phenoxy) is 1. The van der Waals surface area contributed by atoms with E-state index in [4.69, 9.17) is 4.74 Å². The number of guanidine groups is 1. The molecule has 0 saturated carbocycles. The maximum atomic E-state index is 11.1. The van der Waals surface area contributed by atoms with E-state index in [2.05, 4.69) is 33.1 Å². The average Bonchev–Trinajstić information content (AvgIpc) is 2.64. The monoisotopic (exact) mass is 482 g/mol. The summed E-state index contributed by atoms with van der Waals surface area (Å²) in [5, 5.41) is 9.24. The molecule has 0 unspecified atom stereocenters. The van der Waals surface area contributed by atoms with E-state index in [-0.39, 0.29) is 29.9 Å². The van der Waals surface area contributed by atoms with E-state index in [1.165, 1.54) is 12.5 Å². The molecular weight excluding hydrogens is 455 g/mol. The first kappa shape index (κ1) is 22.8. The molecule has 0 spiro atoms. The van der Waals surface area contributed by atoms with Crippen LogP contribution >= 0.6 is 24.0 Å². The first-order valence-corrected chi connectivity index (χ1v) is 8.66. The second-order valence-electron chi connectivity index (χ2n) is 5.72. The van der Waals surface area contributed by atoms with Gasteiger partial charge in [0.1, 0.15) is 12.4 Å². The first-order valence-electron chi connectivity index (χ1n) is 8.66. The molecule has 2 rings (SSSR count). The Bertz CT molecular complexity index is 723. The average molecular weight is 482 g/mol. The van der Waals surface area contributed by atoms with Crippen LogP contribution in [0.15, 0.2) is 59.6 Å². The van der Waals surface area contributed by atoms with Crippen LogP contribution in [-0.4, -0.2) is 38.6 Å². The lowest BCUT2D eigenvalue weighted by atomic mass is 10.1. The minimum absolute atomic E-state index is 0. The molecule has 0 fully saturated rings. The van der Waals surface area contributed by atoms with Gasteiger partial charge in [-0.05, 0) is 24.1 Å². The van der Waals surface area contributed by atoms with Crippen LogP contribution < -0.4 is 20.7 Å². The Morgan fingerprint density at radius 2 is 1.78 bits per heavy atom. The Morgan fingerprint density at radius 1 is 1.04 bits per heavy atom. The van der Waals surface area contributed by atoms with Crippen molar-refractivity contribution >= 4 is 41.5 Å². The van der Waals surface area contributed by atoms with Gasteiger partial charge in [-0.2, -0.15) is 0 Å². The summed E-state index contributed by atoms with van der Waals surface area (Å²) in [7, 11) is 1.75. The van der Waals surface area contributed by atoms with E-state index in [1.807, 2.05) is 36.4 Å². The van der Waals surface area contributed by atoms with Crippen molar-refractivity contribution in [3.63, 3.8) is 0 Å². The van der Waals surface area contributed by atoms with Crippen molar-refractivity contribution in [2.75, 3.05) is 32.1 Å². The molecular formula is C20H27IN4O2. The Kier molecular flexibility index (Phi) is 10.9. The quantitative estimate of drug-likeness (QED) is 0.234. The maximum Gasteiger partial charge on any atom is 0.221 e. The van der Waals surface area contributed by atoms with Gasteiger partial charge in [-0.1, -0.05) is 36.4 Å². The molecule has 7 heteroatoms. The second kappa shape index (κ2) is 13.0. The first-order chi connectivity index (χ1) is 12.7. The highest BCUT2D eigenvalue weighted by atomic mass is 127. The Hall–Kier alpha value is -2.29. The molecule has 2 aromatic rings. The van der Waals surface area contributed by atoms with Crippen molar-refractivity contribution in [3.8, 4) is 5.75 Å². The van der Waals surface area contributed by atoms with Crippen LogP contribution in [0.2, 0.25) is 0 Å². The third-order valence-corrected chi connectivity index (χ3v) is 3.59. The lowest BCUT2D eigenvalue weighted by Gasteiger charge is -2.13. The SMILES string of the molecule is CN=C(NCCOc1cccc(NC(C)=O)c1)NCCc1ccccc1.I. The second-order valence-corrected chi connectivity index (χ2v) is 5.72. The van der Waals surface area contributed by atoms with Gasteiger partial charge in [-0.3, -0.25) is 9.79 Å². The molecule has 0 aliphatic heterocycles. The number of aliphatic imine (C=N–C) groups is 1. The zero-order valence-corrected chi connectivity index (χ0v) is 18.0. The van der Waals surface area contributed by atoms with E-state index >= 15 is 0 Å². The summed E-state index contributed by atoms with van der Waals surface area (Å²) >= 11 is 0. The van der Waals surface area contributed by atoms with Crippen molar-refractivity contribution in [2.45, 2.75) is 13.3 Å². The predicted molar refractivity (Wildman–Crippen MR) is 121 cm³/mol. The van der Waals surface area contributed by atoms with Gasteiger partial charge < -0.3 is 20.7 Å². The lowest BCUT2D eigenvalue weighted by Crippen LogP contribution is -2.40. The van der Waals surface area contributed by atoms with E-state index in [9.17, 15) is 4.79 Å². The minimum Gasteiger partial charge on any atom is -0.492 e. The normalized spacial score (nSPS) is 10.5. The number of carbonyl (C=O) groups excluding carboxylic acids is 1. The summed E-state index contributed by atoms with van der Waals surface area (Å²) in [6.07, 6.45) is 0.938. The number of anilines is 1. The van der Waals surface area contributed by atoms with Crippen molar-refractivity contribution in [1.29, 1.82) is 0 Å². The van der Waals surface area contributed by atoms with Crippen LogP contribution in [-0.2, 0) is 11.2 Å². The largest absolute Gasteiger partial charge is 0.492 e. The van der Waals surface area contributed by atoms with Crippen molar-refractivity contribution in [2.24, 2.45) is 4.99 Å². The Balaban J connectivity index is 0.00000364. The Labute approximate surface area is 177 Å². The van der Waals surface area contributed by atoms with Crippen molar-refractivity contribution < 1.29 is 9.53 Å². The van der Waals surface area contributed by atoms with Gasteiger partial charge in [0.2, 0.25) is 5.91 Å². The molecule has 27 heavy (non-hydrogen) atoms. The fourth-order valence-electron chi connectivity index (χ4n) is 2.40. The van der Waals surface area contributed by atoms with Gasteiger partial charge in [0.15, 0.2) is 5.96 Å². The highest BCUT2D eigenvalue weighted by Gasteiger charge is 2.00. The molecule has 146 valence electrons. The van der Waals surface area contributed by atoms with Gasteiger partial charge in [-0.25, -0.2) is 0 Å². The lowest BCUT2D eigenvalue weighted by molar-refractivity contribution is -0.114. The third kappa shape index (κ3) is 9.28. The minimum atomic E-state index is -0.103. The van der Waals surface area contributed by atoms with E-state index in [0.29, 0.717) is 18.9 Å². The summed E-state index contributed by atoms with van der Waals surface area (Å²) in [5.74, 6) is 1.36. The molecule has 0 aromatic heterocycles. The summed E-state index contributed by atoms with van der Waals surface area (Å²) in [5.41, 5.74) is 2.01. The van der Waals surface area contributed by atoms with Crippen LogP contribution in [0.1, 0.15) is 12.5 Å². The zero-order valence-electron chi connectivity index (χ0n) is 15.7. The van der Waals surface area contributed by atoms with Gasteiger partial charge in [0.25, 0.3) is 0 Å². The molecule has 0 saturated heterocycles. The van der Waals surface area contributed by atoms with Gasteiger partial charge >= 0.3 is 0 Å². The smallest absolute Gasteiger partial charge is 0.221 e. The van der Waals surface area contributed by atoms with Crippen molar-refractivity contribution in [1.82, 2.24) is 10.6 Å². The third-order valence-electron chi connectivity index (χ3n) is 3.59. The summed E-state index contributed by atoms with van der Waals surface area (Å²) in [4.78, 5) is 15.3. The number of hydrogen-bond acceptors (Lipinski definition) is 3. The van der Waals surface area contributed by atoms with E-state index in [0.717, 1.165) is 24.6 Å². The van der Waals surface area contributed by atoms with Crippen LogP contribution in [0, 0.1) is 0 Å². The van der Waals surface area contributed by atoms with Gasteiger partial charge in [0.05, 0.1) is 6.54 Å². The zero-order chi connectivity index (χ0) is 18.6. The number of nitrogens with zero attached hydrogens (tertiary/aromatic N) is 1. The Morgan fingerprint density at radius 3 is 2.48 bits per heavy atom. The molecule has 0 aliphatic rings. The number of nitrogens with one attached hydrogen (secondary N) is 3. The van der Waals surface area contributed by atoms with Gasteiger partial charge in [-0.15, -0.1) is 24.0 Å². The fourth-order valence-corrected chi connectivity index (χ4v) is 2.40. The topological polar surface area (TPSA) is 74.8 Å². The number of benzene rings is 2. The maximum absolute atomic E-state index is 11.1. The summed E-state index contributed by atoms with van der Waals surface area (Å²) < 4.78 is 5.70. The van der Waals surface area contributed by atoms with E-state index in [1.54, 1.807) is 13.1 Å². The number of rotatable bonds is 8. The van der Waals surface area contributed by atoms with Crippen LogP contribution in [0.4, 0.5) is 5.69 Å². The summed E-state index contributed by atoms with van der Waals surface area (Å²) in [6.45, 7) is 3.40. The molecule has 0 aliphatic carbocycles. The van der Waals surface area contributed by atoms with Crippen LogP contribution in [0.5, 0.6) is 5.75 Å². The molecule has 3 N–H and O–H groups in total. The number of carbonyl (C=O) groups is 1. The molecule has 1 amide bonds. The fraction of sp³-hybridized carbons (Fsp3) is 0.300. The van der Waals surface area contributed by atoms with E-state index < -0.39 is 0 Å². The van der Waals surface area contributed by atoms with Crippen LogP contribution in [0.25, 0.3) is 0 Å². The standard InChI is InChI=1S/C20H26N4O2.HI/c1-16(25)24-18-9-6-10-19(15-18)26-14-13-23-20(21-2)22-12-11-17-7-4-3-5-8-17;/h3-10,15H,11-14H2,1-2H3,(H,24,25)(H2,21,22,23);1H. The highest BCUT2D eigenvalue weighted by Crippen LogP contribution is 2.16. The summed E-state index contributed by atoms with van der Waals surface area (Å²) in [6, 6.07) is 17.7. The predicted octanol–water partition coefficient (Wildman–Crippen LogP) is 3.05. The van der Waals surface area contributed by atoms with Gasteiger partial charge in [0, 0.05) is 32.3 Å². The molecule has 0 heterocycles.